The molecule has 0 spiro atoms. The van der Waals surface area contributed by atoms with Gasteiger partial charge in [0, 0.05) is 11.1 Å². The van der Waals surface area contributed by atoms with Crippen LogP contribution in [-0.2, 0) is 14.3 Å². The maximum atomic E-state index is 13.8. The topological polar surface area (TPSA) is 64.6 Å². The van der Waals surface area contributed by atoms with Crippen LogP contribution in [0.4, 0.5) is 10.1 Å². The highest BCUT2D eigenvalue weighted by atomic mass is 19.1. The van der Waals surface area contributed by atoms with Gasteiger partial charge in [0.2, 0.25) is 0 Å². The Kier molecular flexibility index (Phi) is 4.99. The van der Waals surface area contributed by atoms with Gasteiger partial charge in [0.05, 0.1) is 5.69 Å². The van der Waals surface area contributed by atoms with Crippen molar-refractivity contribution in [2.45, 2.75) is 18.9 Å². The largest absolute Gasteiger partial charge is 0.457 e. The maximum Gasteiger partial charge on any atom is 0.318 e. The Morgan fingerprint density at radius 1 is 0.931 bits per heavy atom. The molecule has 1 N–H and O–H groups in total. The Morgan fingerprint density at radius 2 is 1.48 bits per heavy atom. The lowest BCUT2D eigenvalue weighted by molar-refractivity contribution is -0.153. The number of esters is 1. The van der Waals surface area contributed by atoms with E-state index in [1.807, 2.05) is 24.3 Å². The third kappa shape index (κ3) is 3.69. The van der Waals surface area contributed by atoms with E-state index >= 15 is 0 Å². The van der Waals surface area contributed by atoms with E-state index in [4.69, 9.17) is 9.47 Å². The van der Waals surface area contributed by atoms with E-state index in [0.29, 0.717) is 22.6 Å². The second kappa shape index (κ2) is 7.75. The van der Waals surface area contributed by atoms with Crippen LogP contribution in [0.2, 0.25) is 0 Å². The molecule has 0 saturated heterocycles. The first kappa shape index (κ1) is 18.7. The number of nitrogens with one attached hydrogen (secondary N) is 1. The zero-order chi connectivity index (χ0) is 20.4. The van der Waals surface area contributed by atoms with E-state index in [2.05, 4.69) is 5.32 Å². The van der Waals surface area contributed by atoms with Crippen molar-refractivity contribution in [1.82, 2.24) is 0 Å². The predicted molar refractivity (Wildman–Crippen MR) is 105 cm³/mol. The minimum Gasteiger partial charge on any atom is -0.457 e. The highest BCUT2D eigenvalue weighted by Gasteiger charge is 2.35. The van der Waals surface area contributed by atoms with E-state index in [-0.39, 0.29) is 5.69 Å². The molecule has 1 atom stereocenters. The summed E-state index contributed by atoms with van der Waals surface area (Å²) in [4.78, 5) is 25.4. The number of benzene rings is 3. The number of para-hydroxylation sites is 3. The van der Waals surface area contributed by atoms with E-state index in [1.165, 1.54) is 25.1 Å². The van der Waals surface area contributed by atoms with Gasteiger partial charge in [0.15, 0.2) is 6.10 Å². The number of halogens is 1. The summed E-state index contributed by atoms with van der Waals surface area (Å²) >= 11 is 0. The standard InChI is InChI=1S/C23H18FNO4/c1-14(22(26)25-18-11-5-4-10-17(18)24)28-23(27)21-15-8-2-6-12-19(15)29-20-13-7-3-9-16(20)21/h2-14,21H,1H3,(H,25,26)/t14-/m0/s1. The molecule has 4 rings (SSSR count). The highest BCUT2D eigenvalue weighted by Crippen LogP contribution is 2.44. The minimum atomic E-state index is -1.11. The molecule has 3 aromatic carbocycles. The summed E-state index contributed by atoms with van der Waals surface area (Å²) < 4.78 is 25.1. The number of fused-ring (bicyclic) bond motifs is 2. The zero-order valence-corrected chi connectivity index (χ0v) is 15.6. The number of rotatable bonds is 4. The van der Waals surface area contributed by atoms with E-state index in [0.717, 1.165) is 0 Å². The molecular weight excluding hydrogens is 373 g/mol. The van der Waals surface area contributed by atoms with Crippen LogP contribution in [0.3, 0.4) is 0 Å². The van der Waals surface area contributed by atoms with Crippen molar-refractivity contribution in [2.75, 3.05) is 5.32 Å². The number of carbonyl (C=O) groups excluding carboxylic acids is 2. The third-order valence-electron chi connectivity index (χ3n) is 4.71. The fraction of sp³-hybridized carbons (Fsp3) is 0.130. The summed E-state index contributed by atoms with van der Waals surface area (Å²) in [6.45, 7) is 1.45. The number of ether oxygens (including phenoxy) is 2. The van der Waals surface area contributed by atoms with Crippen LogP contribution < -0.4 is 10.1 Å². The quantitative estimate of drug-likeness (QED) is 0.659. The molecule has 1 aliphatic rings. The SMILES string of the molecule is C[C@H](OC(=O)C1c2ccccc2Oc2ccccc21)C(=O)Nc1ccccc1F. The van der Waals surface area contributed by atoms with Crippen LogP contribution in [0.25, 0.3) is 0 Å². The maximum absolute atomic E-state index is 13.8. The molecular formula is C23H18FNO4. The number of hydrogen-bond acceptors (Lipinski definition) is 4. The lowest BCUT2D eigenvalue weighted by atomic mass is 9.88. The zero-order valence-electron chi connectivity index (χ0n) is 15.6. The second-order valence-corrected chi connectivity index (χ2v) is 6.66. The Labute approximate surface area is 167 Å². The lowest BCUT2D eigenvalue weighted by Crippen LogP contribution is -2.33. The molecule has 3 aromatic rings. The van der Waals surface area contributed by atoms with Gasteiger partial charge in [0.1, 0.15) is 23.2 Å². The van der Waals surface area contributed by atoms with Gasteiger partial charge in [-0.25, -0.2) is 4.39 Å². The first-order valence-electron chi connectivity index (χ1n) is 9.16. The van der Waals surface area contributed by atoms with Gasteiger partial charge in [-0.05, 0) is 31.2 Å². The summed E-state index contributed by atoms with van der Waals surface area (Å²) in [6.07, 6.45) is -1.11. The van der Waals surface area contributed by atoms with E-state index in [1.54, 1.807) is 30.3 Å². The molecule has 5 nitrogen and oxygen atoms in total. The minimum absolute atomic E-state index is 0.0298. The van der Waals surface area contributed by atoms with E-state index < -0.39 is 29.7 Å². The lowest BCUT2D eigenvalue weighted by Gasteiger charge is -2.27. The number of hydrogen-bond donors (Lipinski definition) is 1. The normalized spacial score (nSPS) is 13.4. The Morgan fingerprint density at radius 3 is 2.10 bits per heavy atom. The van der Waals surface area contributed by atoms with Gasteiger partial charge in [-0.15, -0.1) is 0 Å². The predicted octanol–water partition coefficient (Wildman–Crippen LogP) is 4.63. The van der Waals surface area contributed by atoms with Crippen molar-refractivity contribution < 1.29 is 23.5 Å². The van der Waals surface area contributed by atoms with Crippen LogP contribution in [0.1, 0.15) is 24.0 Å². The van der Waals surface area contributed by atoms with Gasteiger partial charge < -0.3 is 14.8 Å². The van der Waals surface area contributed by atoms with Crippen LogP contribution in [-0.4, -0.2) is 18.0 Å². The van der Waals surface area contributed by atoms with Crippen LogP contribution in [0.15, 0.2) is 72.8 Å². The van der Waals surface area contributed by atoms with Crippen LogP contribution in [0, 0.1) is 5.82 Å². The molecule has 0 saturated carbocycles. The van der Waals surface area contributed by atoms with E-state index in [9.17, 15) is 14.0 Å². The molecule has 1 heterocycles. The average molecular weight is 391 g/mol. The van der Waals surface area contributed by atoms with Gasteiger partial charge in [-0.3, -0.25) is 9.59 Å². The molecule has 0 aliphatic carbocycles. The fourth-order valence-corrected chi connectivity index (χ4v) is 3.26. The molecule has 1 aliphatic heterocycles. The average Bonchev–Trinajstić information content (AvgIpc) is 2.73. The first-order valence-corrected chi connectivity index (χ1v) is 9.16. The van der Waals surface area contributed by atoms with Crippen LogP contribution >= 0.6 is 0 Å². The molecule has 0 aromatic heterocycles. The summed E-state index contributed by atoms with van der Waals surface area (Å²) in [5, 5.41) is 2.44. The first-order chi connectivity index (χ1) is 14.0. The third-order valence-corrected chi connectivity index (χ3v) is 4.71. The van der Waals surface area contributed by atoms with Gasteiger partial charge in [-0.1, -0.05) is 48.5 Å². The van der Waals surface area contributed by atoms with Crippen molar-refractivity contribution in [2.24, 2.45) is 0 Å². The molecule has 29 heavy (non-hydrogen) atoms. The van der Waals surface area contributed by atoms with Gasteiger partial charge in [0.25, 0.3) is 5.91 Å². The monoisotopic (exact) mass is 391 g/mol. The molecule has 146 valence electrons. The van der Waals surface area contributed by atoms with Crippen molar-refractivity contribution in [3.8, 4) is 11.5 Å². The number of anilines is 1. The molecule has 0 bridgehead atoms. The van der Waals surface area contributed by atoms with Crippen molar-refractivity contribution in [1.29, 1.82) is 0 Å². The molecule has 0 radical (unpaired) electrons. The Bertz CT molecular complexity index is 1040. The number of amides is 1. The Hall–Kier alpha value is -3.67. The smallest absolute Gasteiger partial charge is 0.318 e. The molecule has 1 amide bonds. The van der Waals surface area contributed by atoms with Crippen molar-refractivity contribution >= 4 is 17.6 Å². The van der Waals surface area contributed by atoms with Crippen LogP contribution in [0.5, 0.6) is 11.5 Å². The van der Waals surface area contributed by atoms with Gasteiger partial charge >= 0.3 is 5.97 Å². The number of carbonyl (C=O) groups is 2. The van der Waals surface area contributed by atoms with Gasteiger partial charge in [-0.2, -0.15) is 0 Å². The summed E-state index contributed by atoms with van der Waals surface area (Å²) in [7, 11) is 0. The highest BCUT2D eigenvalue weighted by molar-refractivity contribution is 5.96. The molecule has 0 fully saturated rings. The summed E-state index contributed by atoms with van der Waals surface area (Å²) in [5.74, 6) is -1.35. The van der Waals surface area contributed by atoms with Crippen molar-refractivity contribution in [3.63, 3.8) is 0 Å². The molecule has 6 heteroatoms. The van der Waals surface area contributed by atoms with Crippen molar-refractivity contribution in [3.05, 3.63) is 89.7 Å². The second-order valence-electron chi connectivity index (χ2n) is 6.66. The fourth-order valence-electron chi connectivity index (χ4n) is 3.26. The Balaban J connectivity index is 1.55. The molecule has 0 unspecified atom stereocenters. The summed E-state index contributed by atoms with van der Waals surface area (Å²) in [5.41, 5.74) is 1.36. The summed E-state index contributed by atoms with van der Waals surface area (Å²) in [6, 6.07) is 20.2.